The fourth-order valence-corrected chi connectivity index (χ4v) is 5.39. The normalized spacial score (nSPS) is 13.2. The SMILES string of the molecule is CCCN(CC(F)(F)F)S(=O)(=O)c1cc(Cl)c(Br)s1. The van der Waals surface area contributed by atoms with E-state index in [1.807, 2.05) is 0 Å². The van der Waals surface area contributed by atoms with Crippen molar-refractivity contribution in [1.82, 2.24) is 4.31 Å². The largest absolute Gasteiger partial charge is 0.402 e. The van der Waals surface area contributed by atoms with E-state index in [0.29, 0.717) is 8.09 Å². The van der Waals surface area contributed by atoms with Crippen LogP contribution in [-0.4, -0.2) is 32.0 Å². The molecule has 0 N–H and O–H groups in total. The summed E-state index contributed by atoms with van der Waals surface area (Å²) in [7, 11) is -4.18. The fourth-order valence-electron chi connectivity index (χ4n) is 1.31. The molecule has 0 unspecified atom stereocenters. The highest BCUT2D eigenvalue weighted by molar-refractivity contribution is 9.11. The lowest BCUT2D eigenvalue weighted by molar-refractivity contribution is -0.136. The van der Waals surface area contributed by atoms with Gasteiger partial charge in [-0.1, -0.05) is 18.5 Å². The lowest BCUT2D eigenvalue weighted by Gasteiger charge is -2.21. The van der Waals surface area contributed by atoms with Gasteiger partial charge in [-0.05, 0) is 28.4 Å². The second-order valence-corrected chi connectivity index (χ2v) is 8.58. The summed E-state index contributed by atoms with van der Waals surface area (Å²) in [6.45, 7) is -0.0957. The molecule has 19 heavy (non-hydrogen) atoms. The van der Waals surface area contributed by atoms with Crippen LogP contribution >= 0.6 is 38.9 Å². The van der Waals surface area contributed by atoms with E-state index in [0.717, 1.165) is 17.4 Å². The Bertz CT molecular complexity index is 525. The summed E-state index contributed by atoms with van der Waals surface area (Å²) in [5.41, 5.74) is 0. The summed E-state index contributed by atoms with van der Waals surface area (Å²) in [6, 6.07) is 1.14. The van der Waals surface area contributed by atoms with Crippen molar-refractivity contribution in [2.45, 2.75) is 23.7 Å². The minimum Gasteiger partial charge on any atom is -0.206 e. The van der Waals surface area contributed by atoms with Gasteiger partial charge in [0.15, 0.2) is 0 Å². The van der Waals surface area contributed by atoms with Gasteiger partial charge in [0.1, 0.15) is 10.8 Å². The Morgan fingerprint density at radius 1 is 1.47 bits per heavy atom. The number of hydrogen-bond acceptors (Lipinski definition) is 3. The standard InChI is InChI=1S/C9H10BrClF3NO2S2/c1-2-3-15(5-9(12,13)14)19(16,17)7-4-6(11)8(10)18-7/h4H,2-3,5H2,1H3. The number of thiophene rings is 1. The molecule has 0 radical (unpaired) electrons. The molecule has 0 atom stereocenters. The second-order valence-electron chi connectivity index (χ2n) is 3.64. The molecule has 0 aliphatic heterocycles. The van der Waals surface area contributed by atoms with Crippen LogP contribution in [0.1, 0.15) is 13.3 Å². The Labute approximate surface area is 126 Å². The molecule has 0 fully saturated rings. The monoisotopic (exact) mass is 399 g/mol. The highest BCUT2D eigenvalue weighted by atomic mass is 79.9. The number of rotatable bonds is 5. The third kappa shape index (κ3) is 4.59. The van der Waals surface area contributed by atoms with Gasteiger partial charge in [0, 0.05) is 6.54 Å². The van der Waals surface area contributed by atoms with Crippen LogP contribution in [0.15, 0.2) is 14.1 Å². The van der Waals surface area contributed by atoms with Crippen molar-refractivity contribution in [2.75, 3.05) is 13.1 Å². The first-order chi connectivity index (χ1) is 8.58. The minimum absolute atomic E-state index is 0.159. The summed E-state index contributed by atoms with van der Waals surface area (Å²) in [4.78, 5) is 0. The van der Waals surface area contributed by atoms with E-state index in [1.54, 1.807) is 6.92 Å². The predicted molar refractivity (Wildman–Crippen MR) is 72.1 cm³/mol. The van der Waals surface area contributed by atoms with E-state index < -0.39 is 22.7 Å². The van der Waals surface area contributed by atoms with E-state index in [2.05, 4.69) is 15.9 Å². The van der Waals surface area contributed by atoms with Crippen molar-refractivity contribution >= 4 is 48.9 Å². The Balaban J connectivity index is 3.12. The van der Waals surface area contributed by atoms with Crippen molar-refractivity contribution in [3.05, 3.63) is 14.9 Å². The maximum atomic E-state index is 12.4. The molecule has 1 aromatic heterocycles. The van der Waals surface area contributed by atoms with Crippen LogP contribution in [0, 0.1) is 0 Å². The third-order valence-corrected chi connectivity index (χ3v) is 6.81. The maximum absolute atomic E-state index is 12.4. The van der Waals surface area contributed by atoms with Crippen LogP contribution in [-0.2, 0) is 10.0 Å². The van der Waals surface area contributed by atoms with Gasteiger partial charge < -0.3 is 0 Å². The zero-order valence-electron chi connectivity index (χ0n) is 9.67. The lowest BCUT2D eigenvalue weighted by atomic mass is 10.5. The smallest absolute Gasteiger partial charge is 0.206 e. The maximum Gasteiger partial charge on any atom is 0.402 e. The quantitative estimate of drug-likeness (QED) is 0.745. The Hall–Kier alpha value is 0.170. The lowest BCUT2D eigenvalue weighted by Crippen LogP contribution is -2.39. The first-order valence-electron chi connectivity index (χ1n) is 5.09. The summed E-state index contributed by atoms with van der Waals surface area (Å²) < 4.78 is 62.1. The highest BCUT2D eigenvalue weighted by Gasteiger charge is 2.37. The molecule has 110 valence electrons. The molecule has 0 saturated carbocycles. The zero-order valence-corrected chi connectivity index (χ0v) is 13.6. The van der Waals surface area contributed by atoms with E-state index in [1.165, 1.54) is 0 Å². The average Bonchev–Trinajstić information content (AvgIpc) is 2.57. The molecule has 0 saturated heterocycles. The summed E-state index contributed by atoms with van der Waals surface area (Å²) >= 11 is 9.54. The number of alkyl halides is 3. The highest BCUT2D eigenvalue weighted by Crippen LogP contribution is 2.36. The molecule has 0 amide bonds. The third-order valence-electron chi connectivity index (χ3n) is 2.05. The predicted octanol–water partition coefficient (Wildman–Crippen LogP) is 4.13. The Kier molecular flexibility index (Phi) is 5.71. The van der Waals surface area contributed by atoms with Gasteiger partial charge in [-0.25, -0.2) is 8.42 Å². The van der Waals surface area contributed by atoms with Crippen LogP contribution in [0.3, 0.4) is 0 Å². The van der Waals surface area contributed by atoms with Crippen LogP contribution < -0.4 is 0 Å². The van der Waals surface area contributed by atoms with E-state index in [9.17, 15) is 21.6 Å². The van der Waals surface area contributed by atoms with E-state index >= 15 is 0 Å². The Morgan fingerprint density at radius 3 is 2.42 bits per heavy atom. The minimum atomic E-state index is -4.58. The molecule has 0 aromatic carbocycles. The number of nitrogens with zero attached hydrogens (tertiary/aromatic N) is 1. The first kappa shape index (κ1) is 17.2. The number of sulfonamides is 1. The molecule has 0 spiro atoms. The number of hydrogen-bond donors (Lipinski definition) is 0. The van der Waals surface area contributed by atoms with Gasteiger partial charge in [-0.2, -0.15) is 17.5 Å². The topological polar surface area (TPSA) is 37.4 Å². The molecule has 1 aromatic rings. The number of halogens is 5. The van der Waals surface area contributed by atoms with Crippen molar-refractivity contribution < 1.29 is 21.6 Å². The molecule has 0 aliphatic rings. The molecule has 10 heteroatoms. The first-order valence-corrected chi connectivity index (χ1v) is 8.52. The second kappa shape index (κ2) is 6.30. The van der Waals surface area contributed by atoms with Crippen molar-refractivity contribution in [2.24, 2.45) is 0 Å². The van der Waals surface area contributed by atoms with Crippen LogP contribution in [0.5, 0.6) is 0 Å². The van der Waals surface area contributed by atoms with Crippen LogP contribution in [0.25, 0.3) is 0 Å². The van der Waals surface area contributed by atoms with Crippen molar-refractivity contribution in [3.8, 4) is 0 Å². The van der Waals surface area contributed by atoms with Gasteiger partial charge in [0.05, 0.1) is 8.81 Å². The van der Waals surface area contributed by atoms with Crippen LogP contribution in [0.2, 0.25) is 5.02 Å². The molecule has 0 bridgehead atoms. The summed E-state index contributed by atoms with van der Waals surface area (Å²) in [5, 5.41) is 0.159. The molecular formula is C9H10BrClF3NO2S2. The molecule has 1 rings (SSSR count). The van der Waals surface area contributed by atoms with E-state index in [4.69, 9.17) is 11.6 Å². The summed E-state index contributed by atoms with van der Waals surface area (Å²) in [6.07, 6.45) is -4.30. The van der Waals surface area contributed by atoms with Crippen molar-refractivity contribution in [1.29, 1.82) is 0 Å². The Morgan fingerprint density at radius 2 is 2.05 bits per heavy atom. The van der Waals surface area contributed by atoms with Gasteiger partial charge in [-0.3, -0.25) is 0 Å². The fraction of sp³-hybridized carbons (Fsp3) is 0.556. The van der Waals surface area contributed by atoms with Crippen LogP contribution in [0.4, 0.5) is 13.2 Å². The van der Waals surface area contributed by atoms with Gasteiger partial charge >= 0.3 is 6.18 Å². The average molecular weight is 401 g/mol. The summed E-state index contributed by atoms with van der Waals surface area (Å²) in [5.74, 6) is 0. The zero-order chi connectivity index (χ0) is 14.8. The van der Waals surface area contributed by atoms with E-state index in [-0.39, 0.29) is 22.2 Å². The molecule has 0 aliphatic carbocycles. The molecular weight excluding hydrogens is 391 g/mol. The van der Waals surface area contributed by atoms with Crippen molar-refractivity contribution in [3.63, 3.8) is 0 Å². The van der Waals surface area contributed by atoms with Gasteiger partial charge in [-0.15, -0.1) is 11.3 Å². The molecule has 3 nitrogen and oxygen atoms in total. The molecule has 1 heterocycles. The van der Waals surface area contributed by atoms with Gasteiger partial charge in [0.2, 0.25) is 0 Å². The van der Waals surface area contributed by atoms with Gasteiger partial charge in [0.25, 0.3) is 10.0 Å².